The summed E-state index contributed by atoms with van der Waals surface area (Å²) in [4.78, 5) is 18.0. The number of carbonyl (C=O) groups excluding carboxylic acids is 1. The highest BCUT2D eigenvalue weighted by atomic mass is 35.5. The van der Waals surface area contributed by atoms with Crippen molar-refractivity contribution >= 4 is 23.2 Å². The molecule has 1 unspecified atom stereocenters. The molecule has 1 atom stereocenters. The second-order valence-electron chi connectivity index (χ2n) is 9.05. The zero-order valence-electron chi connectivity index (χ0n) is 19.0. The maximum absolute atomic E-state index is 13.5. The Balaban J connectivity index is 1.40. The van der Waals surface area contributed by atoms with Gasteiger partial charge in [-0.05, 0) is 63.8 Å². The molecular formula is C25H29ClN4O3. The van der Waals surface area contributed by atoms with Gasteiger partial charge in [-0.1, -0.05) is 35.9 Å². The minimum absolute atomic E-state index is 0.0128. The average molecular weight is 469 g/mol. The van der Waals surface area contributed by atoms with Crippen LogP contribution in [0.2, 0.25) is 5.02 Å². The number of carbonyl (C=O) groups is 1. The van der Waals surface area contributed by atoms with Crippen molar-refractivity contribution in [2.24, 2.45) is 5.10 Å². The smallest absolute Gasteiger partial charge is 0.257 e. The van der Waals surface area contributed by atoms with Gasteiger partial charge >= 0.3 is 0 Å². The number of fused-ring (bicyclic) bond motifs is 1. The minimum Gasteiger partial charge on any atom is -0.454 e. The second-order valence-corrected chi connectivity index (χ2v) is 9.45. The fourth-order valence-electron chi connectivity index (χ4n) is 4.83. The van der Waals surface area contributed by atoms with E-state index in [9.17, 15) is 4.79 Å². The third kappa shape index (κ3) is 4.58. The van der Waals surface area contributed by atoms with Crippen LogP contribution < -0.4 is 9.47 Å². The van der Waals surface area contributed by atoms with Crippen LogP contribution in [0.5, 0.6) is 11.5 Å². The van der Waals surface area contributed by atoms with Gasteiger partial charge in [0.15, 0.2) is 11.5 Å². The molecule has 0 saturated carbocycles. The van der Waals surface area contributed by atoms with Crippen molar-refractivity contribution in [1.29, 1.82) is 0 Å². The Labute approximate surface area is 199 Å². The van der Waals surface area contributed by atoms with E-state index in [1.165, 1.54) is 0 Å². The summed E-state index contributed by atoms with van der Waals surface area (Å²) in [5.74, 6) is 1.42. The Morgan fingerprint density at radius 1 is 1.15 bits per heavy atom. The van der Waals surface area contributed by atoms with Gasteiger partial charge < -0.3 is 14.4 Å². The quantitative estimate of drug-likeness (QED) is 0.668. The summed E-state index contributed by atoms with van der Waals surface area (Å²) in [6, 6.07) is 13.7. The summed E-state index contributed by atoms with van der Waals surface area (Å²) in [6.45, 7) is 2.66. The number of hydrogen-bond donors (Lipinski definition) is 0. The molecule has 0 N–H and O–H groups in total. The van der Waals surface area contributed by atoms with E-state index in [0.29, 0.717) is 29.8 Å². The van der Waals surface area contributed by atoms with E-state index in [-0.39, 0.29) is 18.7 Å². The number of likely N-dealkylation sites (tertiary alicyclic amines) is 1. The van der Waals surface area contributed by atoms with Gasteiger partial charge in [0.2, 0.25) is 6.79 Å². The molecule has 3 aliphatic heterocycles. The number of rotatable bonds is 5. The lowest BCUT2D eigenvalue weighted by Gasteiger charge is -2.35. The van der Waals surface area contributed by atoms with Crippen LogP contribution >= 0.6 is 11.6 Å². The number of hydrazone groups is 1. The van der Waals surface area contributed by atoms with E-state index in [4.69, 9.17) is 26.2 Å². The zero-order valence-corrected chi connectivity index (χ0v) is 19.8. The van der Waals surface area contributed by atoms with Crippen LogP contribution in [0.15, 0.2) is 47.6 Å². The van der Waals surface area contributed by atoms with Gasteiger partial charge in [0.25, 0.3) is 5.91 Å². The van der Waals surface area contributed by atoms with Crippen molar-refractivity contribution in [3.63, 3.8) is 0 Å². The molecule has 5 rings (SSSR count). The van der Waals surface area contributed by atoms with Crippen LogP contribution in [0.1, 0.15) is 36.4 Å². The van der Waals surface area contributed by atoms with Crippen molar-refractivity contribution < 1.29 is 14.3 Å². The van der Waals surface area contributed by atoms with Crippen molar-refractivity contribution in [2.75, 3.05) is 40.5 Å². The zero-order chi connectivity index (χ0) is 22.9. The number of halogens is 1. The number of nitrogens with zero attached hydrogens (tertiary/aromatic N) is 4. The lowest BCUT2D eigenvalue weighted by atomic mass is 9.98. The first-order chi connectivity index (χ1) is 16.0. The summed E-state index contributed by atoms with van der Waals surface area (Å²) >= 11 is 6.47. The molecule has 0 radical (unpaired) electrons. The maximum Gasteiger partial charge on any atom is 0.257 e. The number of benzene rings is 2. The number of piperidine rings is 1. The molecule has 1 fully saturated rings. The Morgan fingerprint density at radius 2 is 1.91 bits per heavy atom. The van der Waals surface area contributed by atoms with Crippen molar-refractivity contribution in [2.45, 2.75) is 31.3 Å². The largest absolute Gasteiger partial charge is 0.454 e. The topological polar surface area (TPSA) is 57.6 Å². The van der Waals surface area contributed by atoms with Gasteiger partial charge in [-0.2, -0.15) is 5.10 Å². The Morgan fingerprint density at radius 3 is 2.70 bits per heavy atom. The van der Waals surface area contributed by atoms with Crippen molar-refractivity contribution in [3.05, 3.63) is 58.6 Å². The SMILES string of the molecule is CN1CCC(N(C)CC(=O)N2N=C(c3ccccc3Cl)CC2c2ccc3c(c2)OCO3)CC1. The average Bonchev–Trinajstić information content (AvgIpc) is 3.46. The van der Waals surface area contributed by atoms with Crippen LogP contribution in [0.4, 0.5) is 0 Å². The van der Waals surface area contributed by atoms with Crippen LogP contribution in [0.3, 0.4) is 0 Å². The highest BCUT2D eigenvalue weighted by Crippen LogP contribution is 2.39. The van der Waals surface area contributed by atoms with Gasteiger partial charge in [-0.25, -0.2) is 5.01 Å². The fraction of sp³-hybridized carbons (Fsp3) is 0.440. The molecule has 1 saturated heterocycles. The molecule has 174 valence electrons. The molecule has 0 spiro atoms. The van der Waals surface area contributed by atoms with Crippen LogP contribution in [0, 0.1) is 0 Å². The second kappa shape index (κ2) is 9.33. The summed E-state index contributed by atoms with van der Waals surface area (Å²) in [5, 5.41) is 7.07. The maximum atomic E-state index is 13.5. The molecule has 0 aromatic heterocycles. The predicted octanol–water partition coefficient (Wildman–Crippen LogP) is 3.77. The predicted molar refractivity (Wildman–Crippen MR) is 128 cm³/mol. The highest BCUT2D eigenvalue weighted by molar-refractivity contribution is 6.34. The van der Waals surface area contributed by atoms with Gasteiger partial charge in [-0.15, -0.1) is 0 Å². The lowest BCUT2D eigenvalue weighted by molar-refractivity contribution is -0.134. The normalized spacial score (nSPS) is 21.0. The van der Waals surface area contributed by atoms with Gasteiger partial charge in [0.1, 0.15) is 0 Å². The van der Waals surface area contributed by atoms with E-state index >= 15 is 0 Å². The monoisotopic (exact) mass is 468 g/mol. The number of hydrogen-bond acceptors (Lipinski definition) is 6. The van der Waals surface area contributed by atoms with E-state index < -0.39 is 0 Å². The van der Waals surface area contributed by atoms with Gasteiger partial charge in [0.05, 0.1) is 18.3 Å². The first-order valence-corrected chi connectivity index (χ1v) is 11.8. The standard InChI is InChI=1S/C25H29ClN4O3/c1-28-11-9-18(10-12-28)29(2)15-25(31)30-22(17-7-8-23-24(13-17)33-16-32-23)14-21(27-30)19-5-3-4-6-20(19)26/h3-8,13,18,22H,9-12,14-16H2,1-2H3. The van der Waals surface area contributed by atoms with Crippen molar-refractivity contribution in [3.8, 4) is 11.5 Å². The summed E-state index contributed by atoms with van der Waals surface area (Å²) in [5.41, 5.74) is 2.66. The fourth-order valence-corrected chi connectivity index (χ4v) is 5.07. The molecule has 7 nitrogen and oxygen atoms in total. The molecule has 3 heterocycles. The molecule has 3 aliphatic rings. The molecule has 2 aromatic carbocycles. The van der Waals surface area contributed by atoms with Crippen LogP contribution in [0.25, 0.3) is 0 Å². The minimum atomic E-state index is -0.218. The first-order valence-electron chi connectivity index (χ1n) is 11.4. The summed E-state index contributed by atoms with van der Waals surface area (Å²) in [6.07, 6.45) is 2.73. The molecule has 8 heteroatoms. The number of likely N-dealkylation sites (N-methyl/N-ethyl adjacent to an activating group) is 1. The summed E-state index contributed by atoms with van der Waals surface area (Å²) < 4.78 is 11.0. The number of amides is 1. The van der Waals surface area contributed by atoms with E-state index in [1.807, 2.05) is 49.5 Å². The molecule has 0 aliphatic carbocycles. The first kappa shape index (κ1) is 22.2. The molecule has 0 bridgehead atoms. The molecule has 1 amide bonds. The summed E-state index contributed by atoms with van der Waals surface area (Å²) in [7, 11) is 4.19. The molecule has 2 aromatic rings. The van der Waals surface area contributed by atoms with Crippen LogP contribution in [-0.4, -0.2) is 73.0 Å². The van der Waals surface area contributed by atoms with Gasteiger partial charge in [-0.3, -0.25) is 9.69 Å². The Kier molecular flexibility index (Phi) is 6.27. The molecular weight excluding hydrogens is 440 g/mol. The Bertz CT molecular complexity index is 1070. The van der Waals surface area contributed by atoms with Crippen LogP contribution in [-0.2, 0) is 4.79 Å². The van der Waals surface area contributed by atoms with Crippen molar-refractivity contribution in [1.82, 2.24) is 14.8 Å². The third-order valence-electron chi connectivity index (χ3n) is 6.83. The third-order valence-corrected chi connectivity index (χ3v) is 7.16. The number of ether oxygens (including phenoxy) is 2. The Hall–Kier alpha value is -2.61. The lowest BCUT2D eigenvalue weighted by Crippen LogP contribution is -2.45. The van der Waals surface area contributed by atoms with E-state index in [1.54, 1.807) is 5.01 Å². The highest BCUT2D eigenvalue weighted by Gasteiger charge is 2.35. The van der Waals surface area contributed by atoms with E-state index in [2.05, 4.69) is 16.8 Å². The van der Waals surface area contributed by atoms with Gasteiger partial charge in [0, 0.05) is 23.0 Å². The van der Waals surface area contributed by atoms with E-state index in [0.717, 1.165) is 48.5 Å². The molecule has 33 heavy (non-hydrogen) atoms.